The number of hydrogen-bond acceptors (Lipinski definition) is 35. The van der Waals surface area contributed by atoms with Crippen molar-refractivity contribution in [1.82, 2.24) is 51.9 Å². The van der Waals surface area contributed by atoms with E-state index in [4.69, 9.17) is 71.1 Å². The molecule has 45 nitrogen and oxygen atoms in total. The van der Waals surface area contributed by atoms with Crippen molar-refractivity contribution in [1.29, 1.82) is 0 Å². The van der Waals surface area contributed by atoms with Crippen LogP contribution in [0.2, 0.25) is 0 Å². The highest BCUT2D eigenvalue weighted by atomic mass is 16.7. The second-order valence-corrected chi connectivity index (χ2v) is 38.8. The molecule has 0 spiro atoms. The van der Waals surface area contributed by atoms with E-state index in [1.54, 1.807) is 0 Å². The standard InChI is InChI=1S/C101H162N10O35/c1-62(2)78(124)31-30-49-105-85(128)38-45-101(75-39-50-109(51-40-75)86(129)35-18-15-24-46-102-82(125)32-21-27-56-132-98-89(106-63(3)112)95(141-72(12)121)92(138-69(9)118)79(144-98)59-135-66(6)115,76-41-52-110(53-42-76)87(130)36-19-16-25-47-103-83(126)33-22-28-57-133-99-90(107-64(4)113)96(142-73(13)122)93(139-70(10)119)80(145-99)60-136-67(7)116)77-43-54-111(55-44-77)88(131)37-20-17-26-48-104-84(127)34-23-29-58-134-100-91(108-65(5)114)97(143-74(14)123)94(140-71(11)120)81(146-100)61-137-68(8)117/h62,75-77,79-81,89-100H,15-61H2,1-14H3,(H,102,125)(H,103,126)(H,104,127)(H,105,128)(H,106,112)(H,107,113)(H,108,114). The number of ketones is 1. The molecule has 15 unspecified atom stereocenters. The van der Waals surface area contributed by atoms with Gasteiger partial charge in [0.05, 0.1) is 0 Å². The topological polar surface area (TPSA) is 574 Å². The molecule has 0 aromatic heterocycles. The lowest BCUT2D eigenvalue weighted by atomic mass is 9.51. The number of ether oxygens (including phenoxy) is 15. The second-order valence-electron chi connectivity index (χ2n) is 38.8. The molecular formula is C101H162N10O35. The molecule has 6 saturated heterocycles. The summed E-state index contributed by atoms with van der Waals surface area (Å²) in [6.45, 7) is 21.1. The second kappa shape index (κ2) is 65.9. The molecule has 826 valence electrons. The number of carbonyl (C=O) groups excluding carboxylic acids is 20. The highest BCUT2D eigenvalue weighted by Crippen LogP contribution is 2.57. The van der Waals surface area contributed by atoms with Crippen LogP contribution in [0.3, 0.4) is 0 Å². The Balaban J connectivity index is 1.05. The summed E-state index contributed by atoms with van der Waals surface area (Å²) >= 11 is 0. The third-order valence-corrected chi connectivity index (χ3v) is 26.8. The summed E-state index contributed by atoms with van der Waals surface area (Å²) in [5.74, 6) is -8.53. The Kier molecular flexibility index (Phi) is 56.0. The van der Waals surface area contributed by atoms with Gasteiger partial charge in [-0.05, 0) is 152 Å². The number of nitrogens with one attached hydrogen (secondary N) is 7. The first-order valence-corrected chi connectivity index (χ1v) is 52.0. The first kappa shape index (κ1) is 124. The molecule has 0 radical (unpaired) electrons. The van der Waals surface area contributed by atoms with E-state index in [-0.39, 0.29) is 116 Å². The van der Waals surface area contributed by atoms with Crippen molar-refractivity contribution in [2.45, 2.75) is 388 Å². The van der Waals surface area contributed by atoms with Gasteiger partial charge >= 0.3 is 53.7 Å². The highest BCUT2D eigenvalue weighted by Gasteiger charge is 2.57. The maximum atomic E-state index is 14.3. The van der Waals surface area contributed by atoms with E-state index in [2.05, 4.69) is 37.2 Å². The van der Waals surface area contributed by atoms with E-state index in [1.165, 1.54) is 41.5 Å². The fourth-order valence-corrected chi connectivity index (χ4v) is 20.0. The summed E-state index contributed by atoms with van der Waals surface area (Å²) in [7, 11) is 0. The third-order valence-electron chi connectivity index (χ3n) is 26.8. The first-order valence-electron chi connectivity index (χ1n) is 52.0. The number of amides is 10. The van der Waals surface area contributed by atoms with Crippen LogP contribution in [-0.4, -0.2) is 330 Å². The molecule has 0 saturated carbocycles. The number of hydrogen-bond donors (Lipinski definition) is 7. The molecule has 7 N–H and O–H groups in total. The number of rotatable bonds is 62. The number of nitrogens with zero attached hydrogens (tertiary/aromatic N) is 3. The largest absolute Gasteiger partial charge is 0.463 e. The van der Waals surface area contributed by atoms with E-state index in [0.717, 1.165) is 41.5 Å². The van der Waals surface area contributed by atoms with Crippen LogP contribution in [0.1, 0.15) is 296 Å². The highest BCUT2D eigenvalue weighted by molar-refractivity contribution is 5.82. The molecule has 0 aromatic carbocycles. The Morgan fingerprint density at radius 3 is 0.781 bits per heavy atom. The van der Waals surface area contributed by atoms with Gasteiger partial charge in [0.15, 0.2) is 55.5 Å². The Bertz CT molecular complexity index is 3870. The van der Waals surface area contributed by atoms with Gasteiger partial charge in [-0.2, -0.15) is 0 Å². The van der Waals surface area contributed by atoms with Crippen molar-refractivity contribution in [3.63, 3.8) is 0 Å². The van der Waals surface area contributed by atoms with Gasteiger partial charge in [-0.25, -0.2) is 0 Å². The Morgan fingerprint density at radius 2 is 0.534 bits per heavy atom. The average Bonchev–Trinajstić information content (AvgIpc) is 0.741. The molecule has 6 heterocycles. The molecule has 0 aliphatic carbocycles. The van der Waals surface area contributed by atoms with Gasteiger partial charge in [-0.15, -0.1) is 0 Å². The smallest absolute Gasteiger partial charge is 0.303 e. The summed E-state index contributed by atoms with van der Waals surface area (Å²) in [5, 5.41) is 20.0. The van der Waals surface area contributed by atoms with Gasteiger partial charge in [-0.1, -0.05) is 33.1 Å². The molecular weight excluding hydrogens is 1910 g/mol. The van der Waals surface area contributed by atoms with E-state index in [9.17, 15) is 95.9 Å². The van der Waals surface area contributed by atoms with Crippen molar-refractivity contribution in [3.8, 4) is 0 Å². The van der Waals surface area contributed by atoms with Gasteiger partial charge in [0.1, 0.15) is 62.0 Å². The zero-order valence-corrected chi connectivity index (χ0v) is 87.8. The normalized spacial score (nSPS) is 23.3. The van der Waals surface area contributed by atoms with Crippen LogP contribution in [0.15, 0.2) is 0 Å². The van der Waals surface area contributed by atoms with E-state index in [1.807, 2.05) is 28.5 Å². The molecule has 0 bridgehead atoms. The summed E-state index contributed by atoms with van der Waals surface area (Å²) in [5.41, 5.74) is -0.455. The molecule has 6 rings (SSSR count). The first-order chi connectivity index (χ1) is 69.5. The van der Waals surface area contributed by atoms with Gasteiger partial charge in [0.25, 0.3) is 0 Å². The van der Waals surface area contributed by atoms with Crippen molar-refractivity contribution in [2.24, 2.45) is 29.1 Å². The van der Waals surface area contributed by atoms with E-state index >= 15 is 0 Å². The van der Waals surface area contributed by atoms with Crippen LogP contribution in [0, 0.1) is 29.1 Å². The van der Waals surface area contributed by atoms with E-state index < -0.39 is 189 Å². The summed E-state index contributed by atoms with van der Waals surface area (Å²) in [4.78, 5) is 261. The Morgan fingerprint density at radius 1 is 0.288 bits per heavy atom. The Labute approximate surface area is 855 Å². The third kappa shape index (κ3) is 44.8. The van der Waals surface area contributed by atoms with Gasteiger partial charge in [0.2, 0.25) is 59.1 Å². The van der Waals surface area contributed by atoms with Crippen LogP contribution in [0.4, 0.5) is 0 Å². The molecule has 6 fully saturated rings. The van der Waals surface area contributed by atoms with Crippen molar-refractivity contribution >= 4 is 119 Å². The van der Waals surface area contributed by atoms with Crippen molar-refractivity contribution in [3.05, 3.63) is 0 Å². The van der Waals surface area contributed by atoms with Crippen LogP contribution in [-0.2, 0) is 167 Å². The van der Waals surface area contributed by atoms with Crippen molar-refractivity contribution < 1.29 is 167 Å². The number of unbranched alkanes of at least 4 members (excludes halogenated alkanes) is 9. The van der Waals surface area contributed by atoms with E-state index in [0.29, 0.717) is 239 Å². The van der Waals surface area contributed by atoms with Gasteiger partial charge in [-0.3, -0.25) is 95.9 Å². The summed E-state index contributed by atoms with van der Waals surface area (Å²) in [6.07, 6.45) is -0.0512. The van der Waals surface area contributed by atoms with Gasteiger partial charge < -0.3 is 123 Å². The SMILES string of the molecule is CC(=O)NC1C(OCCCCC(=O)NCCCCCC(=O)N2CCC(C(CCC(=O)NCCCC(=O)C(C)C)(C3CCN(C(=O)CCCCCNC(=O)CCCCOC4OC(COC(C)=O)C(OC(C)=O)C(OC(C)=O)C4NC(C)=O)CC3)C3CCN(C(=O)CCCCCNC(=O)CCCCOC4OC(COC(C)=O)C(OC(C)=O)C(OC(C)=O)C4NC(C)=O)CC3)CC2)OC(COC(C)=O)C(OC(C)=O)C1OC(C)=O. The average molecular weight is 2080 g/mol. The van der Waals surface area contributed by atoms with Crippen LogP contribution >= 0.6 is 0 Å². The van der Waals surface area contributed by atoms with Gasteiger partial charge in [0, 0.05) is 226 Å². The maximum absolute atomic E-state index is 14.3. The molecule has 0 aromatic rings. The fraction of sp³-hybridized carbons (Fsp3) is 0.802. The minimum Gasteiger partial charge on any atom is -0.463 e. The number of piperidine rings is 3. The Hall–Kier alpha value is -10.6. The number of Topliss-reactive ketones (excluding diaryl/α,β-unsaturated/α-hetero) is 1. The lowest BCUT2D eigenvalue weighted by molar-refractivity contribution is -0.277. The summed E-state index contributed by atoms with van der Waals surface area (Å²) in [6, 6.07) is -3.42. The number of carbonyl (C=O) groups is 20. The van der Waals surface area contributed by atoms with Crippen LogP contribution in [0.5, 0.6) is 0 Å². The maximum Gasteiger partial charge on any atom is 0.303 e. The molecule has 146 heavy (non-hydrogen) atoms. The lowest BCUT2D eigenvalue weighted by Crippen LogP contribution is -2.66. The fourth-order valence-electron chi connectivity index (χ4n) is 20.0. The minimum absolute atomic E-state index is 0.0182. The molecule has 15 atom stereocenters. The predicted molar refractivity (Wildman–Crippen MR) is 518 cm³/mol. The monoisotopic (exact) mass is 2080 g/mol. The lowest BCUT2D eigenvalue weighted by Gasteiger charge is -2.57. The molecule has 6 aliphatic rings. The molecule has 45 heteroatoms. The van der Waals surface area contributed by atoms with Crippen molar-refractivity contribution in [2.75, 3.05) is 105 Å². The zero-order chi connectivity index (χ0) is 108. The predicted octanol–water partition coefficient (Wildman–Crippen LogP) is 5.15. The molecule has 10 amide bonds. The minimum atomic E-state index is -1.29. The molecule has 6 aliphatic heterocycles. The van der Waals surface area contributed by atoms with Crippen LogP contribution in [0.25, 0.3) is 0 Å². The van der Waals surface area contributed by atoms with Crippen LogP contribution < -0.4 is 37.2 Å². The number of esters is 9. The summed E-state index contributed by atoms with van der Waals surface area (Å²) < 4.78 is 84.9. The quantitative estimate of drug-likeness (QED) is 0.0235. The zero-order valence-electron chi connectivity index (χ0n) is 87.8. The number of likely N-dealkylation sites (tertiary alicyclic amines) is 3.